The van der Waals surface area contributed by atoms with Gasteiger partial charge in [0, 0.05) is 26.2 Å². The summed E-state index contributed by atoms with van der Waals surface area (Å²) in [6, 6.07) is 0. The van der Waals surface area contributed by atoms with Gasteiger partial charge < -0.3 is 38.1 Å². The van der Waals surface area contributed by atoms with Gasteiger partial charge in [-0.3, -0.25) is 0 Å². The fourth-order valence-corrected chi connectivity index (χ4v) is 3.29. The Morgan fingerprint density at radius 2 is 1.00 bits per heavy atom. The molecule has 8 heteroatoms. The average molecular weight is 450 g/mol. The second kappa shape index (κ2) is 21.5. The minimum atomic E-state index is 0.386. The smallest absolute Gasteiger partial charge is 0.0704 e. The highest BCUT2D eigenvalue weighted by Crippen LogP contribution is 2.14. The van der Waals surface area contributed by atoms with Crippen LogP contribution in [0.5, 0.6) is 0 Å². The molecule has 0 spiro atoms. The average Bonchev–Trinajstić information content (AvgIpc) is 2.76. The van der Waals surface area contributed by atoms with Crippen molar-refractivity contribution in [1.82, 2.24) is 4.90 Å². The Kier molecular flexibility index (Phi) is 19.9. The Morgan fingerprint density at radius 1 is 0.613 bits per heavy atom. The Labute approximate surface area is 189 Å². The van der Waals surface area contributed by atoms with E-state index in [9.17, 15) is 0 Å². The third kappa shape index (κ3) is 18.9. The third-order valence-corrected chi connectivity index (χ3v) is 4.80. The minimum Gasteiger partial charge on any atom is -0.379 e. The molecule has 0 aromatic carbocycles. The van der Waals surface area contributed by atoms with Crippen LogP contribution < -0.4 is 0 Å². The quantitative estimate of drug-likeness (QED) is 0.233. The molecular weight excluding hydrogens is 402 g/mol. The molecule has 0 aromatic rings. The van der Waals surface area contributed by atoms with E-state index in [0.717, 1.165) is 38.5 Å². The maximum absolute atomic E-state index is 5.93. The fourth-order valence-electron chi connectivity index (χ4n) is 3.29. The molecule has 0 atom stereocenters. The van der Waals surface area contributed by atoms with Crippen molar-refractivity contribution >= 4 is 0 Å². The second-order valence-electron chi connectivity index (χ2n) is 8.02. The lowest BCUT2D eigenvalue weighted by Crippen LogP contribution is -2.39. The van der Waals surface area contributed by atoms with Crippen molar-refractivity contribution in [2.45, 2.75) is 39.7 Å². The molecule has 0 unspecified atom stereocenters. The number of ether oxygens (including phenoxy) is 7. The number of hydrogen-bond acceptors (Lipinski definition) is 8. The zero-order valence-electron chi connectivity index (χ0n) is 20.2. The van der Waals surface area contributed by atoms with Gasteiger partial charge in [-0.15, -0.1) is 0 Å². The molecule has 0 amide bonds. The Hall–Kier alpha value is -0.320. The van der Waals surface area contributed by atoms with Crippen molar-refractivity contribution in [3.05, 3.63) is 0 Å². The van der Waals surface area contributed by atoms with E-state index in [0.29, 0.717) is 85.4 Å². The monoisotopic (exact) mass is 449 g/mol. The maximum Gasteiger partial charge on any atom is 0.0704 e. The summed E-state index contributed by atoms with van der Waals surface area (Å²) in [5.41, 5.74) is 0. The van der Waals surface area contributed by atoms with Crippen LogP contribution in [0.15, 0.2) is 0 Å². The largest absolute Gasteiger partial charge is 0.379 e. The first-order chi connectivity index (χ1) is 15.2. The molecule has 1 aliphatic heterocycles. The summed E-state index contributed by atoms with van der Waals surface area (Å²) < 4.78 is 38.4. The summed E-state index contributed by atoms with van der Waals surface area (Å²) >= 11 is 0. The first-order valence-corrected chi connectivity index (χ1v) is 12.0. The summed E-state index contributed by atoms with van der Waals surface area (Å²) in [6.45, 7) is 17.8. The van der Waals surface area contributed by atoms with E-state index < -0.39 is 0 Å². The van der Waals surface area contributed by atoms with Crippen LogP contribution in [0.3, 0.4) is 0 Å². The van der Waals surface area contributed by atoms with Gasteiger partial charge in [0.25, 0.3) is 0 Å². The summed E-state index contributed by atoms with van der Waals surface area (Å²) in [5.74, 6) is 0.737. The fraction of sp³-hybridized carbons (Fsp3) is 1.00. The number of piperidine rings is 1. The maximum atomic E-state index is 5.93. The lowest BCUT2D eigenvalue weighted by Gasteiger charge is -2.32. The lowest BCUT2D eigenvalue weighted by molar-refractivity contribution is -0.0379. The standard InChI is InChI=1S/C23H47NO7/c1-4-25-9-10-26-11-12-27-13-14-28-15-16-29-17-18-30-19-20-31-23-5-7-24(8-6-23)21-22(2)3/h22-23H,4-21H2,1-3H3. The van der Waals surface area contributed by atoms with E-state index in [1.54, 1.807) is 0 Å². The molecule has 31 heavy (non-hydrogen) atoms. The summed E-state index contributed by atoms with van der Waals surface area (Å²) in [4.78, 5) is 2.54. The highest BCUT2D eigenvalue weighted by atomic mass is 16.6. The van der Waals surface area contributed by atoms with Gasteiger partial charge in [-0.25, -0.2) is 0 Å². The van der Waals surface area contributed by atoms with E-state index in [1.807, 2.05) is 6.92 Å². The van der Waals surface area contributed by atoms with E-state index in [1.165, 1.54) is 6.54 Å². The molecule has 0 N–H and O–H groups in total. The van der Waals surface area contributed by atoms with Gasteiger partial charge in [0.2, 0.25) is 0 Å². The van der Waals surface area contributed by atoms with Crippen LogP contribution in [-0.2, 0) is 33.2 Å². The Bertz CT molecular complexity index is 366. The molecular formula is C23H47NO7. The summed E-state index contributed by atoms with van der Waals surface area (Å²) in [6.07, 6.45) is 2.64. The zero-order valence-corrected chi connectivity index (χ0v) is 20.2. The molecule has 1 saturated heterocycles. The highest BCUT2D eigenvalue weighted by Gasteiger charge is 2.19. The molecule has 0 aromatic heterocycles. The molecule has 0 bridgehead atoms. The molecule has 1 rings (SSSR count). The predicted molar refractivity (Wildman–Crippen MR) is 121 cm³/mol. The van der Waals surface area contributed by atoms with Crippen LogP contribution >= 0.6 is 0 Å². The molecule has 186 valence electrons. The van der Waals surface area contributed by atoms with Gasteiger partial charge in [-0.1, -0.05) is 13.8 Å². The number of nitrogens with zero attached hydrogens (tertiary/aromatic N) is 1. The van der Waals surface area contributed by atoms with Gasteiger partial charge in [0.15, 0.2) is 0 Å². The first-order valence-electron chi connectivity index (χ1n) is 12.0. The molecule has 1 fully saturated rings. The van der Waals surface area contributed by atoms with Crippen molar-refractivity contribution in [3.63, 3.8) is 0 Å². The molecule has 0 radical (unpaired) electrons. The SMILES string of the molecule is CCOCCOCCOCCOCCOCCOCCOC1CCN(CC(C)C)CC1. The van der Waals surface area contributed by atoms with Gasteiger partial charge in [0.05, 0.1) is 85.4 Å². The van der Waals surface area contributed by atoms with Crippen molar-refractivity contribution in [2.24, 2.45) is 5.92 Å². The first kappa shape index (κ1) is 28.7. The Morgan fingerprint density at radius 3 is 1.39 bits per heavy atom. The van der Waals surface area contributed by atoms with E-state index >= 15 is 0 Å². The molecule has 1 aliphatic rings. The lowest BCUT2D eigenvalue weighted by atomic mass is 10.1. The highest BCUT2D eigenvalue weighted by molar-refractivity contribution is 4.73. The van der Waals surface area contributed by atoms with E-state index in [2.05, 4.69) is 18.7 Å². The summed E-state index contributed by atoms with van der Waals surface area (Å²) in [5, 5.41) is 0. The molecule has 8 nitrogen and oxygen atoms in total. The van der Waals surface area contributed by atoms with Gasteiger partial charge in [0.1, 0.15) is 0 Å². The number of hydrogen-bond donors (Lipinski definition) is 0. The van der Waals surface area contributed by atoms with Crippen LogP contribution in [0.4, 0.5) is 0 Å². The summed E-state index contributed by atoms with van der Waals surface area (Å²) in [7, 11) is 0. The van der Waals surface area contributed by atoms with Crippen LogP contribution in [0.1, 0.15) is 33.6 Å². The minimum absolute atomic E-state index is 0.386. The van der Waals surface area contributed by atoms with Gasteiger partial charge in [-0.2, -0.15) is 0 Å². The van der Waals surface area contributed by atoms with Crippen molar-refractivity contribution in [2.75, 3.05) is 106 Å². The van der Waals surface area contributed by atoms with Crippen molar-refractivity contribution in [3.8, 4) is 0 Å². The van der Waals surface area contributed by atoms with Gasteiger partial charge >= 0.3 is 0 Å². The predicted octanol–water partition coefficient (Wildman–Crippen LogP) is 2.24. The van der Waals surface area contributed by atoms with E-state index in [-0.39, 0.29) is 0 Å². The van der Waals surface area contributed by atoms with Crippen LogP contribution in [0, 0.1) is 5.92 Å². The number of rotatable bonds is 22. The Balaban J connectivity index is 1.71. The normalized spacial score (nSPS) is 15.9. The van der Waals surface area contributed by atoms with Crippen LogP contribution in [0.25, 0.3) is 0 Å². The van der Waals surface area contributed by atoms with Crippen LogP contribution in [0.2, 0.25) is 0 Å². The van der Waals surface area contributed by atoms with Crippen molar-refractivity contribution < 1.29 is 33.2 Å². The molecule has 0 aliphatic carbocycles. The van der Waals surface area contributed by atoms with Gasteiger partial charge in [-0.05, 0) is 25.7 Å². The number of likely N-dealkylation sites (tertiary alicyclic amines) is 1. The molecule has 0 saturated carbocycles. The zero-order chi connectivity index (χ0) is 22.4. The van der Waals surface area contributed by atoms with E-state index in [4.69, 9.17) is 33.2 Å². The molecule has 1 heterocycles. The van der Waals surface area contributed by atoms with Crippen molar-refractivity contribution in [1.29, 1.82) is 0 Å². The third-order valence-electron chi connectivity index (χ3n) is 4.80. The van der Waals surface area contributed by atoms with Crippen LogP contribution in [-0.4, -0.2) is 117 Å². The second-order valence-corrected chi connectivity index (χ2v) is 8.02. The topological polar surface area (TPSA) is 67.9 Å².